The normalized spacial score (nSPS) is 15.0. The van der Waals surface area contributed by atoms with Gasteiger partial charge in [0.2, 0.25) is 0 Å². The van der Waals surface area contributed by atoms with E-state index in [1.54, 1.807) is 19.1 Å². The Morgan fingerprint density at radius 1 is 1.09 bits per heavy atom. The van der Waals surface area contributed by atoms with Gasteiger partial charge >= 0.3 is 5.97 Å². The van der Waals surface area contributed by atoms with Crippen LogP contribution in [0.2, 0.25) is 5.02 Å². The molecule has 0 spiro atoms. The summed E-state index contributed by atoms with van der Waals surface area (Å²) in [5.41, 5.74) is 6.93. The monoisotopic (exact) mass is 317 g/mol. The minimum Gasteiger partial charge on any atom is -0.481 e. The largest absolute Gasteiger partial charge is 0.481 e. The molecule has 2 atom stereocenters. The summed E-state index contributed by atoms with van der Waals surface area (Å²) in [4.78, 5) is 12.0. The fourth-order valence-corrected chi connectivity index (χ4v) is 2.78. The summed E-state index contributed by atoms with van der Waals surface area (Å²) in [5, 5.41) is 10.5. The number of aliphatic carboxylic acids is 1. The topological polar surface area (TPSA) is 63.3 Å². The quantitative estimate of drug-likeness (QED) is 0.856. The van der Waals surface area contributed by atoms with Crippen LogP contribution in [0.5, 0.6) is 0 Å². The maximum absolute atomic E-state index is 12.0. The molecule has 0 saturated heterocycles. The summed E-state index contributed by atoms with van der Waals surface area (Å²) >= 11 is 5.90. The van der Waals surface area contributed by atoms with Gasteiger partial charge in [0.05, 0.1) is 5.41 Å². The van der Waals surface area contributed by atoms with Crippen molar-refractivity contribution in [3.63, 3.8) is 0 Å². The summed E-state index contributed by atoms with van der Waals surface area (Å²) in [7, 11) is 0. The summed E-state index contributed by atoms with van der Waals surface area (Å²) < 4.78 is 0. The standard InChI is InChI=1S/C18H20ClNO2/c1-13(20)18(17(21)22,11-14-5-3-2-4-6-14)12-15-7-9-16(19)10-8-15/h2-10,13H,11-12,20H2,1H3,(H,21,22). The van der Waals surface area contributed by atoms with Gasteiger partial charge in [0.1, 0.15) is 0 Å². The molecule has 0 heterocycles. The summed E-state index contributed by atoms with van der Waals surface area (Å²) in [6.45, 7) is 1.76. The predicted octanol–water partition coefficient (Wildman–Crippen LogP) is 3.54. The number of nitrogens with two attached hydrogens (primary N) is 1. The molecule has 3 nitrogen and oxygen atoms in total. The van der Waals surface area contributed by atoms with Crippen molar-refractivity contribution in [1.29, 1.82) is 0 Å². The van der Waals surface area contributed by atoms with Crippen LogP contribution in [0.15, 0.2) is 54.6 Å². The van der Waals surface area contributed by atoms with Gasteiger partial charge in [0.25, 0.3) is 0 Å². The molecule has 0 saturated carbocycles. The van der Waals surface area contributed by atoms with Gasteiger partial charge < -0.3 is 10.8 Å². The molecule has 0 aliphatic heterocycles. The molecule has 0 radical (unpaired) electrons. The SMILES string of the molecule is CC(N)C(Cc1ccccc1)(Cc1ccc(Cl)cc1)C(=O)O. The van der Waals surface area contributed by atoms with Gasteiger partial charge in [-0.25, -0.2) is 0 Å². The minimum absolute atomic E-state index is 0.367. The van der Waals surface area contributed by atoms with Crippen molar-refractivity contribution in [1.82, 2.24) is 0 Å². The third-order valence-electron chi connectivity index (χ3n) is 4.09. The molecule has 2 aromatic rings. The molecule has 0 bridgehead atoms. The maximum Gasteiger partial charge on any atom is 0.311 e. The van der Waals surface area contributed by atoms with Crippen molar-refractivity contribution in [2.75, 3.05) is 0 Å². The van der Waals surface area contributed by atoms with Crippen LogP contribution in [0.3, 0.4) is 0 Å². The first kappa shape index (κ1) is 16.5. The van der Waals surface area contributed by atoms with Crippen LogP contribution in [-0.4, -0.2) is 17.1 Å². The highest BCUT2D eigenvalue weighted by Gasteiger charge is 2.42. The summed E-state index contributed by atoms with van der Waals surface area (Å²) in [6.07, 6.45) is 0.759. The molecule has 0 amide bonds. The average molecular weight is 318 g/mol. The summed E-state index contributed by atoms with van der Waals surface area (Å²) in [6, 6.07) is 16.4. The number of carbonyl (C=O) groups is 1. The Bertz CT molecular complexity index is 625. The van der Waals surface area contributed by atoms with Crippen LogP contribution in [-0.2, 0) is 17.6 Å². The molecule has 3 N–H and O–H groups in total. The van der Waals surface area contributed by atoms with E-state index in [2.05, 4.69) is 0 Å². The Morgan fingerprint density at radius 2 is 1.59 bits per heavy atom. The van der Waals surface area contributed by atoms with Gasteiger partial charge in [0.15, 0.2) is 0 Å². The Morgan fingerprint density at radius 3 is 2.05 bits per heavy atom. The maximum atomic E-state index is 12.0. The van der Waals surface area contributed by atoms with Crippen LogP contribution in [0.4, 0.5) is 0 Å². The molecule has 22 heavy (non-hydrogen) atoms. The van der Waals surface area contributed by atoms with E-state index in [1.807, 2.05) is 42.5 Å². The first-order valence-electron chi connectivity index (χ1n) is 7.21. The van der Waals surface area contributed by atoms with Gasteiger partial charge in [-0.1, -0.05) is 54.1 Å². The van der Waals surface area contributed by atoms with Gasteiger partial charge in [-0.3, -0.25) is 4.79 Å². The third-order valence-corrected chi connectivity index (χ3v) is 4.34. The van der Waals surface area contributed by atoms with Gasteiger partial charge in [0, 0.05) is 11.1 Å². The highest BCUT2D eigenvalue weighted by Crippen LogP contribution is 2.32. The minimum atomic E-state index is -1.05. The van der Waals surface area contributed by atoms with Crippen molar-refractivity contribution >= 4 is 17.6 Å². The number of rotatable bonds is 6. The predicted molar refractivity (Wildman–Crippen MR) is 89.0 cm³/mol. The Labute approximate surface area is 135 Å². The van der Waals surface area contributed by atoms with Crippen molar-refractivity contribution < 1.29 is 9.90 Å². The zero-order chi connectivity index (χ0) is 16.2. The van der Waals surface area contributed by atoms with E-state index in [4.69, 9.17) is 17.3 Å². The Hall–Kier alpha value is -1.84. The number of hydrogen-bond donors (Lipinski definition) is 2. The van der Waals surface area contributed by atoms with Gasteiger partial charge in [-0.15, -0.1) is 0 Å². The van der Waals surface area contributed by atoms with E-state index in [0.717, 1.165) is 11.1 Å². The van der Waals surface area contributed by atoms with Crippen molar-refractivity contribution in [2.45, 2.75) is 25.8 Å². The first-order valence-corrected chi connectivity index (χ1v) is 7.59. The lowest BCUT2D eigenvalue weighted by Gasteiger charge is -2.33. The van der Waals surface area contributed by atoms with Crippen molar-refractivity contribution in [3.05, 3.63) is 70.7 Å². The molecule has 0 aromatic heterocycles. The van der Waals surface area contributed by atoms with E-state index in [-0.39, 0.29) is 0 Å². The molecular formula is C18H20ClNO2. The van der Waals surface area contributed by atoms with E-state index in [0.29, 0.717) is 17.9 Å². The fourth-order valence-electron chi connectivity index (χ4n) is 2.66. The zero-order valence-corrected chi connectivity index (χ0v) is 13.3. The van der Waals surface area contributed by atoms with Crippen LogP contribution >= 0.6 is 11.6 Å². The fraction of sp³-hybridized carbons (Fsp3) is 0.278. The van der Waals surface area contributed by atoms with Crippen LogP contribution in [0.1, 0.15) is 18.1 Å². The number of benzene rings is 2. The molecule has 0 fully saturated rings. The van der Waals surface area contributed by atoms with Crippen LogP contribution in [0.25, 0.3) is 0 Å². The van der Waals surface area contributed by atoms with E-state index in [9.17, 15) is 9.90 Å². The van der Waals surface area contributed by atoms with E-state index < -0.39 is 17.4 Å². The second-order valence-electron chi connectivity index (χ2n) is 5.72. The zero-order valence-electron chi connectivity index (χ0n) is 12.5. The highest BCUT2D eigenvalue weighted by molar-refractivity contribution is 6.30. The van der Waals surface area contributed by atoms with Gasteiger partial charge in [-0.05, 0) is 43.0 Å². The summed E-state index contributed by atoms with van der Waals surface area (Å²) in [5.74, 6) is -0.874. The lowest BCUT2D eigenvalue weighted by Crippen LogP contribution is -2.49. The average Bonchev–Trinajstić information content (AvgIpc) is 2.49. The second kappa shape index (κ2) is 6.95. The number of carboxylic acid groups (broad SMARTS) is 1. The number of hydrogen-bond acceptors (Lipinski definition) is 2. The van der Waals surface area contributed by atoms with Crippen molar-refractivity contribution in [2.24, 2.45) is 11.1 Å². The Balaban J connectivity index is 2.36. The van der Waals surface area contributed by atoms with Crippen LogP contribution in [0, 0.1) is 5.41 Å². The van der Waals surface area contributed by atoms with Gasteiger partial charge in [-0.2, -0.15) is 0 Å². The molecule has 2 rings (SSSR count). The first-order chi connectivity index (χ1) is 10.4. The smallest absolute Gasteiger partial charge is 0.311 e. The third kappa shape index (κ3) is 3.67. The van der Waals surface area contributed by atoms with E-state index in [1.165, 1.54) is 0 Å². The molecule has 0 aliphatic carbocycles. The molecule has 2 unspecified atom stereocenters. The number of carboxylic acids is 1. The van der Waals surface area contributed by atoms with Crippen molar-refractivity contribution in [3.8, 4) is 0 Å². The Kier molecular flexibility index (Phi) is 5.22. The van der Waals surface area contributed by atoms with Crippen LogP contribution < -0.4 is 5.73 Å². The highest BCUT2D eigenvalue weighted by atomic mass is 35.5. The lowest BCUT2D eigenvalue weighted by atomic mass is 9.72. The lowest BCUT2D eigenvalue weighted by molar-refractivity contribution is -0.150. The molecule has 0 aliphatic rings. The van der Waals surface area contributed by atoms with E-state index >= 15 is 0 Å². The molecule has 4 heteroatoms. The molecule has 116 valence electrons. The second-order valence-corrected chi connectivity index (χ2v) is 6.15. The molecular weight excluding hydrogens is 298 g/mol. The number of halogens is 1. The molecule has 2 aromatic carbocycles.